The fourth-order valence-electron chi connectivity index (χ4n) is 3.27. The van der Waals surface area contributed by atoms with Crippen LogP contribution in [0, 0.1) is 5.82 Å². The first-order chi connectivity index (χ1) is 14.9. The van der Waals surface area contributed by atoms with Crippen molar-refractivity contribution in [2.75, 3.05) is 6.54 Å². The zero-order chi connectivity index (χ0) is 22.0. The van der Waals surface area contributed by atoms with Gasteiger partial charge in [-0.3, -0.25) is 4.98 Å². The van der Waals surface area contributed by atoms with E-state index in [-0.39, 0.29) is 23.7 Å². The molecule has 0 unspecified atom stereocenters. The number of rotatable bonds is 6. The van der Waals surface area contributed by atoms with Crippen LogP contribution in [0.4, 0.5) is 13.2 Å². The summed E-state index contributed by atoms with van der Waals surface area (Å²) < 4.78 is 44.4. The number of aromatic nitrogens is 3. The molecule has 1 aromatic carbocycles. The van der Waals surface area contributed by atoms with E-state index in [9.17, 15) is 13.2 Å². The van der Waals surface area contributed by atoms with Gasteiger partial charge in [-0.15, -0.1) is 10.2 Å². The SMILES string of the molecule is N/C(=C\N(N)Cc1ncc(-c2nnc(C(F)F)o2)cc1F)c1ccc2c(c1)CNCC2. The van der Waals surface area contributed by atoms with Gasteiger partial charge in [0.05, 0.1) is 23.5 Å². The zero-order valence-electron chi connectivity index (χ0n) is 16.4. The number of hydrogen-bond acceptors (Lipinski definition) is 8. The molecule has 3 aromatic rings. The molecule has 11 heteroatoms. The Bertz CT molecular complexity index is 1120. The summed E-state index contributed by atoms with van der Waals surface area (Å²) in [6.45, 7) is 1.67. The fraction of sp³-hybridized carbons (Fsp3) is 0.250. The van der Waals surface area contributed by atoms with E-state index in [0.717, 1.165) is 31.1 Å². The molecule has 0 spiro atoms. The van der Waals surface area contributed by atoms with Gasteiger partial charge in [0, 0.05) is 18.9 Å². The van der Waals surface area contributed by atoms with Crippen LogP contribution in [0.3, 0.4) is 0 Å². The average Bonchev–Trinajstić information content (AvgIpc) is 3.25. The minimum Gasteiger partial charge on any atom is -0.415 e. The molecule has 2 aromatic heterocycles. The molecule has 0 fully saturated rings. The smallest absolute Gasteiger partial charge is 0.314 e. The standard InChI is InChI=1S/C20H20F3N7O/c21-15-6-14(19-28-29-20(31-19)18(22)23)8-27-17(15)10-30(25)9-16(24)12-2-1-11-3-4-26-7-13(11)5-12/h1-2,5-6,8-9,18,26H,3-4,7,10,24-25H2/b16-9-. The summed E-state index contributed by atoms with van der Waals surface area (Å²) >= 11 is 0. The molecule has 0 aliphatic carbocycles. The lowest BCUT2D eigenvalue weighted by atomic mass is 9.98. The summed E-state index contributed by atoms with van der Waals surface area (Å²) in [5.74, 6) is 4.18. The molecule has 0 saturated carbocycles. The molecule has 0 atom stereocenters. The summed E-state index contributed by atoms with van der Waals surface area (Å²) in [6.07, 6.45) is 0.808. The third-order valence-electron chi connectivity index (χ3n) is 4.86. The lowest BCUT2D eigenvalue weighted by Crippen LogP contribution is -2.27. The predicted octanol–water partition coefficient (Wildman–Crippen LogP) is 2.49. The molecule has 3 heterocycles. The zero-order valence-corrected chi connectivity index (χ0v) is 16.4. The summed E-state index contributed by atoms with van der Waals surface area (Å²) in [6, 6.07) is 7.05. The number of alkyl halides is 2. The highest BCUT2D eigenvalue weighted by Gasteiger charge is 2.18. The molecule has 8 nitrogen and oxygen atoms in total. The average molecular weight is 431 g/mol. The molecular formula is C20H20F3N7O. The van der Waals surface area contributed by atoms with Crippen LogP contribution in [0.25, 0.3) is 17.2 Å². The van der Waals surface area contributed by atoms with Crippen molar-refractivity contribution in [1.82, 2.24) is 25.5 Å². The van der Waals surface area contributed by atoms with E-state index in [1.165, 1.54) is 28.5 Å². The highest BCUT2D eigenvalue weighted by molar-refractivity contribution is 5.63. The number of halogens is 3. The summed E-state index contributed by atoms with van der Waals surface area (Å²) in [4.78, 5) is 4.00. The van der Waals surface area contributed by atoms with E-state index in [2.05, 4.69) is 20.5 Å². The number of nitrogens with two attached hydrogens (primary N) is 2. The quantitative estimate of drug-likeness (QED) is 0.402. The van der Waals surface area contributed by atoms with Gasteiger partial charge in [0.25, 0.3) is 5.89 Å². The van der Waals surface area contributed by atoms with Crippen LogP contribution in [0.2, 0.25) is 0 Å². The number of hydrogen-bond donors (Lipinski definition) is 3. The molecule has 31 heavy (non-hydrogen) atoms. The monoisotopic (exact) mass is 431 g/mol. The molecule has 0 saturated heterocycles. The number of nitrogens with one attached hydrogen (secondary N) is 1. The Hall–Kier alpha value is -3.44. The normalized spacial score (nSPS) is 14.0. The lowest BCUT2D eigenvalue weighted by Gasteiger charge is -2.19. The van der Waals surface area contributed by atoms with E-state index >= 15 is 0 Å². The minimum absolute atomic E-state index is 0.0403. The van der Waals surface area contributed by atoms with Crippen LogP contribution in [0.5, 0.6) is 0 Å². The Kier molecular flexibility index (Phi) is 5.87. The third-order valence-corrected chi connectivity index (χ3v) is 4.86. The molecular weight excluding hydrogens is 411 g/mol. The number of hydrazine groups is 1. The van der Waals surface area contributed by atoms with E-state index in [0.29, 0.717) is 5.70 Å². The molecule has 0 amide bonds. The molecule has 0 bridgehead atoms. The van der Waals surface area contributed by atoms with Crippen molar-refractivity contribution in [3.8, 4) is 11.5 Å². The first kappa shape index (κ1) is 20.8. The number of fused-ring (bicyclic) bond motifs is 1. The molecule has 1 aliphatic heterocycles. The van der Waals surface area contributed by atoms with Crippen molar-refractivity contribution < 1.29 is 17.6 Å². The summed E-state index contributed by atoms with van der Waals surface area (Å²) in [7, 11) is 0. The molecule has 0 radical (unpaired) electrons. The van der Waals surface area contributed by atoms with Crippen molar-refractivity contribution >= 4 is 5.70 Å². The van der Waals surface area contributed by atoms with Gasteiger partial charge < -0.3 is 20.5 Å². The first-order valence-electron chi connectivity index (χ1n) is 9.48. The maximum absolute atomic E-state index is 14.5. The van der Waals surface area contributed by atoms with Crippen LogP contribution < -0.4 is 16.9 Å². The second kappa shape index (κ2) is 8.74. The number of nitrogens with zero attached hydrogens (tertiary/aromatic N) is 4. The van der Waals surface area contributed by atoms with Crippen molar-refractivity contribution in [3.63, 3.8) is 0 Å². The van der Waals surface area contributed by atoms with Gasteiger partial charge in [-0.05, 0) is 41.8 Å². The number of pyridine rings is 1. The summed E-state index contributed by atoms with van der Waals surface area (Å²) in [5.41, 5.74) is 10.00. The van der Waals surface area contributed by atoms with Crippen LogP contribution >= 0.6 is 0 Å². The minimum atomic E-state index is -2.91. The Morgan fingerprint density at radius 1 is 1.26 bits per heavy atom. The molecule has 5 N–H and O–H groups in total. The fourth-order valence-corrected chi connectivity index (χ4v) is 3.27. The molecule has 4 rings (SSSR count). The Morgan fingerprint density at radius 2 is 2.10 bits per heavy atom. The number of benzene rings is 1. The Morgan fingerprint density at radius 3 is 2.84 bits per heavy atom. The van der Waals surface area contributed by atoms with Gasteiger partial charge in [-0.25, -0.2) is 10.2 Å². The first-order valence-corrected chi connectivity index (χ1v) is 9.48. The van der Waals surface area contributed by atoms with Gasteiger partial charge in [-0.1, -0.05) is 12.1 Å². The van der Waals surface area contributed by atoms with Crippen LogP contribution in [-0.2, 0) is 19.5 Å². The van der Waals surface area contributed by atoms with Crippen LogP contribution in [0.15, 0.2) is 41.1 Å². The van der Waals surface area contributed by atoms with Crippen LogP contribution in [-0.4, -0.2) is 26.7 Å². The van der Waals surface area contributed by atoms with Crippen molar-refractivity contribution in [3.05, 3.63) is 70.8 Å². The van der Waals surface area contributed by atoms with Gasteiger partial charge in [0.15, 0.2) is 0 Å². The van der Waals surface area contributed by atoms with Crippen molar-refractivity contribution in [1.29, 1.82) is 0 Å². The predicted molar refractivity (Wildman–Crippen MR) is 106 cm³/mol. The van der Waals surface area contributed by atoms with Gasteiger partial charge in [0.1, 0.15) is 5.82 Å². The summed E-state index contributed by atoms with van der Waals surface area (Å²) in [5, 5.41) is 11.2. The third kappa shape index (κ3) is 4.67. The van der Waals surface area contributed by atoms with Gasteiger partial charge in [0.2, 0.25) is 5.89 Å². The second-order valence-electron chi connectivity index (χ2n) is 7.07. The Balaban J connectivity index is 1.47. The van der Waals surface area contributed by atoms with Gasteiger partial charge >= 0.3 is 6.43 Å². The maximum Gasteiger partial charge on any atom is 0.314 e. The van der Waals surface area contributed by atoms with E-state index in [1.54, 1.807) is 0 Å². The van der Waals surface area contributed by atoms with Gasteiger partial charge in [-0.2, -0.15) is 8.78 Å². The highest BCUT2D eigenvalue weighted by atomic mass is 19.3. The largest absolute Gasteiger partial charge is 0.415 e. The lowest BCUT2D eigenvalue weighted by molar-refractivity contribution is 0.116. The van der Waals surface area contributed by atoms with E-state index in [1.807, 2.05) is 18.2 Å². The highest BCUT2D eigenvalue weighted by Crippen LogP contribution is 2.24. The maximum atomic E-state index is 14.5. The van der Waals surface area contributed by atoms with Crippen molar-refractivity contribution in [2.24, 2.45) is 11.6 Å². The van der Waals surface area contributed by atoms with Crippen molar-refractivity contribution in [2.45, 2.75) is 25.9 Å². The second-order valence-corrected chi connectivity index (χ2v) is 7.07. The topological polar surface area (TPSA) is 119 Å². The van der Waals surface area contributed by atoms with E-state index < -0.39 is 18.1 Å². The van der Waals surface area contributed by atoms with Crippen LogP contribution in [0.1, 0.15) is 34.7 Å². The Labute approximate surface area is 175 Å². The molecule has 1 aliphatic rings. The molecule has 162 valence electrons. The van der Waals surface area contributed by atoms with E-state index in [4.69, 9.17) is 16.0 Å².